The van der Waals surface area contributed by atoms with Crippen molar-refractivity contribution in [2.24, 2.45) is 11.7 Å². The highest BCUT2D eigenvalue weighted by molar-refractivity contribution is 4.98. The van der Waals surface area contributed by atoms with Gasteiger partial charge in [0.2, 0.25) is 5.89 Å². The van der Waals surface area contributed by atoms with Gasteiger partial charge in [0.25, 0.3) is 0 Å². The maximum Gasteiger partial charge on any atom is 0.228 e. The SMILES string of the molecule is CCCC1CCC(c2noc(CC(C)N)n2)CC1. The molecule has 0 radical (unpaired) electrons. The zero-order valence-corrected chi connectivity index (χ0v) is 11.6. The predicted molar refractivity (Wildman–Crippen MR) is 71.3 cm³/mol. The van der Waals surface area contributed by atoms with Crippen LogP contribution in [0.25, 0.3) is 0 Å². The van der Waals surface area contributed by atoms with Crippen LogP contribution in [-0.2, 0) is 6.42 Å². The third-order valence-electron chi connectivity index (χ3n) is 3.89. The van der Waals surface area contributed by atoms with Crippen LogP contribution in [0.3, 0.4) is 0 Å². The molecule has 102 valence electrons. The van der Waals surface area contributed by atoms with Crippen LogP contribution in [0.4, 0.5) is 0 Å². The summed E-state index contributed by atoms with van der Waals surface area (Å²) in [5.74, 6) is 3.02. The molecule has 0 aromatic carbocycles. The Labute approximate surface area is 109 Å². The number of nitrogens with two attached hydrogens (primary N) is 1. The average molecular weight is 251 g/mol. The molecule has 18 heavy (non-hydrogen) atoms. The molecule has 2 rings (SSSR count). The van der Waals surface area contributed by atoms with Gasteiger partial charge in [-0.1, -0.05) is 24.9 Å². The molecule has 4 nitrogen and oxygen atoms in total. The van der Waals surface area contributed by atoms with Crippen molar-refractivity contribution in [3.8, 4) is 0 Å². The summed E-state index contributed by atoms with van der Waals surface area (Å²) in [6.07, 6.45) is 8.40. The molecule has 0 amide bonds. The van der Waals surface area contributed by atoms with Gasteiger partial charge in [0, 0.05) is 18.4 Å². The molecule has 0 spiro atoms. The molecular weight excluding hydrogens is 226 g/mol. The van der Waals surface area contributed by atoms with Gasteiger partial charge >= 0.3 is 0 Å². The first-order valence-corrected chi connectivity index (χ1v) is 7.27. The van der Waals surface area contributed by atoms with E-state index in [4.69, 9.17) is 10.3 Å². The Bertz CT molecular complexity index is 354. The summed E-state index contributed by atoms with van der Waals surface area (Å²) in [6, 6.07) is 0.0820. The first-order valence-electron chi connectivity index (χ1n) is 7.27. The highest BCUT2D eigenvalue weighted by Crippen LogP contribution is 2.36. The molecule has 1 aliphatic rings. The Morgan fingerprint density at radius 3 is 2.67 bits per heavy atom. The van der Waals surface area contributed by atoms with Crippen molar-refractivity contribution in [2.75, 3.05) is 0 Å². The molecule has 0 saturated heterocycles. The predicted octanol–water partition coefficient (Wildman–Crippen LogP) is 3.03. The minimum absolute atomic E-state index is 0.0820. The van der Waals surface area contributed by atoms with Crippen molar-refractivity contribution in [2.45, 2.75) is 70.8 Å². The third-order valence-corrected chi connectivity index (χ3v) is 3.89. The van der Waals surface area contributed by atoms with E-state index >= 15 is 0 Å². The number of hydrogen-bond acceptors (Lipinski definition) is 4. The Hall–Kier alpha value is -0.900. The van der Waals surface area contributed by atoms with Crippen molar-refractivity contribution in [1.82, 2.24) is 10.1 Å². The molecule has 2 N–H and O–H groups in total. The normalized spacial score (nSPS) is 26.2. The van der Waals surface area contributed by atoms with Gasteiger partial charge in [0.1, 0.15) is 0 Å². The summed E-state index contributed by atoms with van der Waals surface area (Å²) in [5, 5.41) is 4.12. The summed E-state index contributed by atoms with van der Waals surface area (Å²) in [7, 11) is 0. The van der Waals surface area contributed by atoms with Crippen LogP contribution in [0, 0.1) is 5.92 Å². The van der Waals surface area contributed by atoms with Gasteiger partial charge in [-0.3, -0.25) is 0 Å². The van der Waals surface area contributed by atoms with Gasteiger partial charge in [-0.2, -0.15) is 4.98 Å². The molecule has 0 bridgehead atoms. The van der Waals surface area contributed by atoms with Crippen LogP contribution >= 0.6 is 0 Å². The van der Waals surface area contributed by atoms with E-state index in [1.165, 1.54) is 38.5 Å². The number of aromatic nitrogens is 2. The zero-order chi connectivity index (χ0) is 13.0. The van der Waals surface area contributed by atoms with Crippen molar-refractivity contribution in [1.29, 1.82) is 0 Å². The molecule has 1 aromatic rings. The van der Waals surface area contributed by atoms with E-state index in [0.717, 1.165) is 11.7 Å². The summed E-state index contributed by atoms with van der Waals surface area (Å²) < 4.78 is 5.26. The Morgan fingerprint density at radius 2 is 2.06 bits per heavy atom. The summed E-state index contributed by atoms with van der Waals surface area (Å²) in [6.45, 7) is 4.23. The van der Waals surface area contributed by atoms with E-state index in [2.05, 4.69) is 17.1 Å². The third kappa shape index (κ3) is 3.55. The Morgan fingerprint density at radius 1 is 1.33 bits per heavy atom. The molecule has 1 atom stereocenters. The minimum atomic E-state index is 0.0820. The Balaban J connectivity index is 1.87. The fourth-order valence-electron chi connectivity index (χ4n) is 2.91. The highest BCUT2D eigenvalue weighted by Gasteiger charge is 2.25. The lowest BCUT2D eigenvalue weighted by atomic mass is 9.80. The van der Waals surface area contributed by atoms with Crippen molar-refractivity contribution in [3.05, 3.63) is 11.7 Å². The largest absolute Gasteiger partial charge is 0.339 e. The van der Waals surface area contributed by atoms with Gasteiger partial charge in [0.05, 0.1) is 0 Å². The number of nitrogens with zero attached hydrogens (tertiary/aromatic N) is 2. The molecule has 1 fully saturated rings. The second-order valence-corrected chi connectivity index (χ2v) is 5.73. The smallest absolute Gasteiger partial charge is 0.228 e. The zero-order valence-electron chi connectivity index (χ0n) is 11.6. The van der Waals surface area contributed by atoms with Gasteiger partial charge in [-0.15, -0.1) is 0 Å². The maximum atomic E-state index is 5.74. The lowest BCUT2D eigenvalue weighted by molar-refractivity contribution is 0.294. The molecule has 1 aliphatic carbocycles. The number of rotatable bonds is 5. The average Bonchev–Trinajstić information content (AvgIpc) is 2.78. The van der Waals surface area contributed by atoms with E-state index in [9.17, 15) is 0 Å². The monoisotopic (exact) mass is 251 g/mol. The van der Waals surface area contributed by atoms with Crippen LogP contribution in [0.5, 0.6) is 0 Å². The summed E-state index contributed by atoms with van der Waals surface area (Å²) in [5.41, 5.74) is 5.74. The summed E-state index contributed by atoms with van der Waals surface area (Å²) in [4.78, 5) is 4.49. The van der Waals surface area contributed by atoms with E-state index in [0.29, 0.717) is 18.2 Å². The molecule has 1 saturated carbocycles. The lowest BCUT2D eigenvalue weighted by Gasteiger charge is -2.26. The molecule has 1 heterocycles. The summed E-state index contributed by atoms with van der Waals surface area (Å²) >= 11 is 0. The standard InChI is InChI=1S/C14H25N3O/c1-3-4-11-5-7-12(8-6-11)14-16-13(18-17-14)9-10(2)15/h10-12H,3-9,15H2,1-2H3. The van der Waals surface area contributed by atoms with Gasteiger partial charge in [-0.25, -0.2) is 0 Å². The topological polar surface area (TPSA) is 64.9 Å². The molecule has 1 unspecified atom stereocenters. The van der Waals surface area contributed by atoms with E-state index in [1.54, 1.807) is 0 Å². The van der Waals surface area contributed by atoms with E-state index < -0.39 is 0 Å². The highest BCUT2D eigenvalue weighted by atomic mass is 16.5. The Kier molecular flexibility index (Phi) is 4.75. The fraction of sp³-hybridized carbons (Fsp3) is 0.857. The van der Waals surface area contributed by atoms with E-state index in [-0.39, 0.29) is 6.04 Å². The second kappa shape index (κ2) is 6.32. The van der Waals surface area contributed by atoms with Crippen LogP contribution in [0.1, 0.15) is 70.0 Å². The van der Waals surface area contributed by atoms with Crippen molar-refractivity contribution in [3.63, 3.8) is 0 Å². The first kappa shape index (κ1) is 13.5. The van der Waals surface area contributed by atoms with E-state index in [1.807, 2.05) is 6.92 Å². The van der Waals surface area contributed by atoms with Crippen LogP contribution in [0.15, 0.2) is 4.52 Å². The molecule has 1 aromatic heterocycles. The lowest BCUT2D eigenvalue weighted by Crippen LogP contribution is -2.18. The minimum Gasteiger partial charge on any atom is -0.339 e. The second-order valence-electron chi connectivity index (χ2n) is 5.73. The van der Waals surface area contributed by atoms with Crippen LogP contribution in [-0.4, -0.2) is 16.2 Å². The van der Waals surface area contributed by atoms with Gasteiger partial charge in [-0.05, 0) is 38.5 Å². The molecule has 0 aliphatic heterocycles. The van der Waals surface area contributed by atoms with Crippen LogP contribution in [0.2, 0.25) is 0 Å². The quantitative estimate of drug-likeness (QED) is 0.873. The van der Waals surface area contributed by atoms with Crippen LogP contribution < -0.4 is 5.73 Å². The van der Waals surface area contributed by atoms with Gasteiger partial charge < -0.3 is 10.3 Å². The van der Waals surface area contributed by atoms with Crippen molar-refractivity contribution < 1.29 is 4.52 Å². The fourth-order valence-corrected chi connectivity index (χ4v) is 2.91. The van der Waals surface area contributed by atoms with Crippen molar-refractivity contribution >= 4 is 0 Å². The molecular formula is C14H25N3O. The first-order chi connectivity index (χ1) is 8.69. The maximum absolute atomic E-state index is 5.74. The molecule has 4 heteroatoms. The van der Waals surface area contributed by atoms with Gasteiger partial charge in [0.15, 0.2) is 5.82 Å². The number of hydrogen-bond donors (Lipinski definition) is 1.